The van der Waals surface area contributed by atoms with Gasteiger partial charge in [-0.25, -0.2) is 0 Å². The second-order valence-electron chi connectivity index (χ2n) is 7.58. The normalized spacial score (nSPS) is 16.8. The smallest absolute Gasteiger partial charge is 0.287 e. The van der Waals surface area contributed by atoms with Gasteiger partial charge >= 0.3 is 0 Å². The monoisotopic (exact) mass is 384 g/mol. The number of nitrogens with one attached hydrogen (secondary N) is 1. The summed E-state index contributed by atoms with van der Waals surface area (Å²) in [5, 5.41) is 2.99. The van der Waals surface area contributed by atoms with Crippen molar-refractivity contribution in [2.75, 3.05) is 33.4 Å². The van der Waals surface area contributed by atoms with Crippen LogP contribution in [-0.2, 0) is 30.7 Å². The molecular formula is C22H28N2O4. The molecule has 4 rings (SSSR count). The topological polar surface area (TPSA) is 63.9 Å². The van der Waals surface area contributed by atoms with Crippen molar-refractivity contribution in [2.24, 2.45) is 0 Å². The number of fused-ring (bicyclic) bond motifs is 1. The number of nitrogens with zero attached hydrogens (tertiary/aromatic N) is 1. The molecule has 1 amide bonds. The van der Waals surface area contributed by atoms with E-state index in [1.165, 1.54) is 17.5 Å². The summed E-state index contributed by atoms with van der Waals surface area (Å²) in [6.07, 6.45) is 3.39. The van der Waals surface area contributed by atoms with E-state index in [1.54, 1.807) is 7.11 Å². The number of furan rings is 1. The Bertz CT molecular complexity index is 852. The molecule has 2 aliphatic rings. The largest absolute Gasteiger partial charge is 0.496 e. The van der Waals surface area contributed by atoms with Gasteiger partial charge in [0, 0.05) is 30.8 Å². The molecule has 6 nitrogen and oxygen atoms in total. The van der Waals surface area contributed by atoms with E-state index in [4.69, 9.17) is 13.9 Å². The van der Waals surface area contributed by atoms with Crippen molar-refractivity contribution in [3.63, 3.8) is 0 Å². The highest BCUT2D eigenvalue weighted by atomic mass is 16.5. The lowest BCUT2D eigenvalue weighted by Gasteiger charge is -2.25. The SMILES string of the molecule is COc1cc2c(cc1CNC(=O)c1oc(CN3CCOCC3)cc1C)CCC2. The van der Waals surface area contributed by atoms with Gasteiger partial charge < -0.3 is 19.2 Å². The molecule has 0 saturated carbocycles. The van der Waals surface area contributed by atoms with Crippen molar-refractivity contribution in [3.05, 3.63) is 52.0 Å². The summed E-state index contributed by atoms with van der Waals surface area (Å²) < 4.78 is 16.8. The van der Waals surface area contributed by atoms with Crippen LogP contribution in [0.2, 0.25) is 0 Å². The van der Waals surface area contributed by atoms with E-state index in [-0.39, 0.29) is 5.91 Å². The number of morpholine rings is 1. The standard InChI is InChI=1S/C22H28N2O4/c1-15-10-19(14-24-6-8-27-9-7-24)28-21(15)22(25)23-13-18-11-16-4-3-5-17(16)12-20(18)26-2/h10-12H,3-9,13-14H2,1-2H3,(H,23,25). The highest BCUT2D eigenvalue weighted by Crippen LogP contribution is 2.30. The van der Waals surface area contributed by atoms with Gasteiger partial charge in [-0.2, -0.15) is 0 Å². The first kappa shape index (κ1) is 19.0. The Hall–Kier alpha value is -2.31. The summed E-state index contributed by atoms with van der Waals surface area (Å²) in [7, 11) is 1.68. The van der Waals surface area contributed by atoms with E-state index in [0.29, 0.717) is 18.8 Å². The molecule has 6 heteroatoms. The van der Waals surface area contributed by atoms with Crippen LogP contribution in [0.15, 0.2) is 22.6 Å². The Morgan fingerprint density at radius 1 is 1.18 bits per heavy atom. The first-order valence-corrected chi connectivity index (χ1v) is 10.0. The van der Waals surface area contributed by atoms with Gasteiger partial charge in [0.2, 0.25) is 0 Å². The fraction of sp³-hybridized carbons (Fsp3) is 0.500. The lowest BCUT2D eigenvalue weighted by Crippen LogP contribution is -2.35. The molecule has 1 saturated heterocycles. The number of methoxy groups -OCH3 is 1. The van der Waals surface area contributed by atoms with Crippen LogP contribution in [0.3, 0.4) is 0 Å². The summed E-state index contributed by atoms with van der Waals surface area (Å²) >= 11 is 0. The first-order valence-electron chi connectivity index (χ1n) is 10.0. The second-order valence-corrected chi connectivity index (χ2v) is 7.58. The molecule has 28 heavy (non-hydrogen) atoms. The van der Waals surface area contributed by atoms with Crippen LogP contribution in [0.1, 0.15) is 45.0 Å². The molecule has 1 aliphatic carbocycles. The molecule has 150 valence electrons. The van der Waals surface area contributed by atoms with Gasteiger partial charge in [-0.3, -0.25) is 9.69 Å². The van der Waals surface area contributed by atoms with E-state index in [1.807, 2.05) is 13.0 Å². The first-order chi connectivity index (χ1) is 13.6. The van der Waals surface area contributed by atoms with Crippen molar-refractivity contribution in [3.8, 4) is 5.75 Å². The van der Waals surface area contributed by atoms with Crippen LogP contribution < -0.4 is 10.1 Å². The third-order valence-electron chi connectivity index (χ3n) is 5.59. The van der Waals surface area contributed by atoms with Crippen LogP contribution in [0, 0.1) is 6.92 Å². The van der Waals surface area contributed by atoms with Gasteiger partial charge in [-0.05, 0) is 49.4 Å². The zero-order chi connectivity index (χ0) is 19.5. The molecule has 1 aromatic heterocycles. The lowest BCUT2D eigenvalue weighted by atomic mass is 10.0. The van der Waals surface area contributed by atoms with E-state index in [0.717, 1.165) is 61.8 Å². The molecule has 2 aromatic rings. The van der Waals surface area contributed by atoms with Gasteiger partial charge in [0.25, 0.3) is 5.91 Å². The van der Waals surface area contributed by atoms with Crippen molar-refractivity contribution in [1.82, 2.24) is 10.2 Å². The fourth-order valence-corrected chi connectivity index (χ4v) is 4.07. The quantitative estimate of drug-likeness (QED) is 0.830. The number of carbonyl (C=O) groups is 1. The summed E-state index contributed by atoms with van der Waals surface area (Å²) in [6, 6.07) is 6.24. The van der Waals surface area contributed by atoms with E-state index in [2.05, 4.69) is 22.3 Å². The molecule has 1 N–H and O–H groups in total. The number of ether oxygens (including phenoxy) is 2. The molecule has 2 heterocycles. The number of amides is 1. The second kappa shape index (κ2) is 8.37. The highest BCUT2D eigenvalue weighted by Gasteiger charge is 2.20. The minimum absolute atomic E-state index is 0.187. The Balaban J connectivity index is 1.41. The van der Waals surface area contributed by atoms with Gasteiger partial charge in [0.1, 0.15) is 11.5 Å². The Morgan fingerprint density at radius 3 is 2.68 bits per heavy atom. The molecule has 0 radical (unpaired) electrons. The molecule has 0 atom stereocenters. The third-order valence-corrected chi connectivity index (χ3v) is 5.59. The number of rotatable bonds is 6. The van der Waals surface area contributed by atoms with Crippen LogP contribution >= 0.6 is 0 Å². The number of hydrogen-bond acceptors (Lipinski definition) is 5. The number of aryl methyl sites for hydroxylation is 3. The summed E-state index contributed by atoms with van der Waals surface area (Å²) in [5.74, 6) is 1.86. The minimum atomic E-state index is -0.187. The Morgan fingerprint density at radius 2 is 1.93 bits per heavy atom. The van der Waals surface area contributed by atoms with Crippen molar-refractivity contribution in [1.29, 1.82) is 0 Å². The van der Waals surface area contributed by atoms with Gasteiger partial charge in [-0.15, -0.1) is 0 Å². The van der Waals surface area contributed by atoms with E-state index >= 15 is 0 Å². The number of hydrogen-bond donors (Lipinski definition) is 1. The van der Waals surface area contributed by atoms with Crippen molar-refractivity contribution < 1.29 is 18.7 Å². The van der Waals surface area contributed by atoms with E-state index < -0.39 is 0 Å². The van der Waals surface area contributed by atoms with Crippen LogP contribution in [0.4, 0.5) is 0 Å². The predicted molar refractivity (Wildman–Crippen MR) is 106 cm³/mol. The van der Waals surface area contributed by atoms with Gasteiger partial charge in [-0.1, -0.05) is 6.07 Å². The zero-order valence-electron chi connectivity index (χ0n) is 16.7. The predicted octanol–water partition coefficient (Wildman–Crippen LogP) is 2.85. The average Bonchev–Trinajstić information content (AvgIpc) is 3.31. The molecule has 1 aromatic carbocycles. The molecule has 0 bridgehead atoms. The van der Waals surface area contributed by atoms with Gasteiger partial charge in [0.05, 0.1) is 26.9 Å². The average molecular weight is 384 g/mol. The molecule has 0 unspecified atom stereocenters. The lowest BCUT2D eigenvalue weighted by molar-refractivity contribution is 0.0311. The summed E-state index contributed by atoms with van der Waals surface area (Å²) in [5.41, 5.74) is 4.60. The number of carbonyl (C=O) groups excluding carboxylic acids is 1. The van der Waals surface area contributed by atoms with E-state index in [9.17, 15) is 4.79 Å². The highest BCUT2D eigenvalue weighted by molar-refractivity contribution is 5.92. The summed E-state index contributed by atoms with van der Waals surface area (Å²) in [4.78, 5) is 15.0. The third kappa shape index (κ3) is 4.08. The molecular weight excluding hydrogens is 356 g/mol. The zero-order valence-corrected chi connectivity index (χ0v) is 16.7. The minimum Gasteiger partial charge on any atom is -0.496 e. The Kier molecular flexibility index (Phi) is 5.69. The maximum absolute atomic E-state index is 12.7. The molecule has 1 fully saturated rings. The molecule has 0 spiro atoms. The van der Waals surface area contributed by atoms with Crippen LogP contribution in [-0.4, -0.2) is 44.2 Å². The fourth-order valence-electron chi connectivity index (χ4n) is 4.07. The summed E-state index contributed by atoms with van der Waals surface area (Å²) in [6.45, 7) is 6.31. The number of benzene rings is 1. The van der Waals surface area contributed by atoms with Crippen LogP contribution in [0.25, 0.3) is 0 Å². The maximum Gasteiger partial charge on any atom is 0.287 e. The van der Waals surface area contributed by atoms with Gasteiger partial charge in [0.15, 0.2) is 5.76 Å². The molecule has 1 aliphatic heterocycles. The maximum atomic E-state index is 12.7. The van der Waals surface area contributed by atoms with Crippen molar-refractivity contribution in [2.45, 2.75) is 39.3 Å². The van der Waals surface area contributed by atoms with Crippen LogP contribution in [0.5, 0.6) is 5.75 Å². The van der Waals surface area contributed by atoms with Crippen molar-refractivity contribution >= 4 is 5.91 Å². The Labute approximate surface area is 165 Å².